The van der Waals surface area contributed by atoms with Gasteiger partial charge in [-0.2, -0.15) is 0 Å². The van der Waals surface area contributed by atoms with Crippen LogP contribution in [0.1, 0.15) is 25.3 Å². The summed E-state index contributed by atoms with van der Waals surface area (Å²) in [4.78, 5) is 12.0. The molecule has 1 N–H and O–H groups in total. The molecular weight excluding hydrogens is 395 g/mol. The Bertz CT molecular complexity index is 901. The Morgan fingerprint density at radius 3 is 2.52 bits per heavy atom. The molecule has 2 rings (SSSR count). The number of nitrogens with zero attached hydrogens (tertiary/aromatic N) is 1. The highest BCUT2D eigenvalue weighted by molar-refractivity contribution is 7.92. The Hall–Kier alpha value is -2.61. The molecule has 8 heteroatoms. The van der Waals surface area contributed by atoms with Gasteiger partial charge in [-0.15, -0.1) is 0 Å². The fourth-order valence-corrected chi connectivity index (χ4v) is 3.73. The first-order chi connectivity index (χ1) is 13.8. The lowest BCUT2D eigenvalue weighted by molar-refractivity contribution is -0.121. The molecule has 0 atom stereocenters. The van der Waals surface area contributed by atoms with Crippen LogP contribution in [0.15, 0.2) is 48.5 Å². The van der Waals surface area contributed by atoms with E-state index in [-0.39, 0.29) is 24.6 Å². The number of rotatable bonds is 11. The van der Waals surface area contributed by atoms with Crippen molar-refractivity contribution in [2.24, 2.45) is 0 Å². The lowest BCUT2D eigenvalue weighted by Crippen LogP contribution is -2.33. The number of sulfonamides is 1. The standard InChI is InChI=1S/C21H27FN2O4S/c1-3-17-9-11-20(12-10-17)28-15-13-23-21(25)8-5-14-24(29(2,26)27)19-7-4-6-18(22)16-19/h4,6-7,9-12,16H,3,5,8,13-15H2,1-2H3,(H,23,25). The van der Waals surface area contributed by atoms with Crippen molar-refractivity contribution in [3.8, 4) is 5.75 Å². The Morgan fingerprint density at radius 1 is 1.17 bits per heavy atom. The minimum absolute atomic E-state index is 0.0932. The normalized spacial score (nSPS) is 11.1. The van der Waals surface area contributed by atoms with E-state index in [2.05, 4.69) is 12.2 Å². The van der Waals surface area contributed by atoms with Crippen LogP contribution >= 0.6 is 0 Å². The number of nitrogens with one attached hydrogen (secondary N) is 1. The van der Waals surface area contributed by atoms with Crippen molar-refractivity contribution in [3.05, 3.63) is 59.9 Å². The van der Waals surface area contributed by atoms with Crippen molar-refractivity contribution < 1.29 is 22.3 Å². The van der Waals surface area contributed by atoms with Gasteiger partial charge >= 0.3 is 0 Å². The highest BCUT2D eigenvalue weighted by atomic mass is 32.2. The molecule has 1 amide bonds. The van der Waals surface area contributed by atoms with Gasteiger partial charge in [-0.3, -0.25) is 9.10 Å². The first-order valence-electron chi connectivity index (χ1n) is 9.51. The SMILES string of the molecule is CCc1ccc(OCCNC(=O)CCCN(c2cccc(F)c2)S(C)(=O)=O)cc1. The average Bonchev–Trinajstić information content (AvgIpc) is 2.68. The van der Waals surface area contributed by atoms with E-state index in [9.17, 15) is 17.6 Å². The smallest absolute Gasteiger partial charge is 0.232 e. The zero-order valence-electron chi connectivity index (χ0n) is 16.7. The molecule has 158 valence electrons. The summed E-state index contributed by atoms with van der Waals surface area (Å²) >= 11 is 0. The second-order valence-electron chi connectivity index (χ2n) is 6.61. The minimum Gasteiger partial charge on any atom is -0.492 e. The third-order valence-corrected chi connectivity index (χ3v) is 5.48. The third-order valence-electron chi connectivity index (χ3n) is 4.29. The molecule has 29 heavy (non-hydrogen) atoms. The molecule has 6 nitrogen and oxygen atoms in total. The van der Waals surface area contributed by atoms with Crippen LogP contribution in [0.4, 0.5) is 10.1 Å². The van der Waals surface area contributed by atoms with Gasteiger partial charge < -0.3 is 10.1 Å². The molecule has 0 saturated heterocycles. The molecule has 2 aromatic rings. The van der Waals surface area contributed by atoms with E-state index in [4.69, 9.17) is 4.74 Å². The van der Waals surface area contributed by atoms with Gasteiger partial charge in [0.2, 0.25) is 15.9 Å². The van der Waals surface area contributed by atoms with Gasteiger partial charge in [-0.25, -0.2) is 12.8 Å². The third kappa shape index (κ3) is 7.73. The maximum atomic E-state index is 13.4. The number of hydrogen-bond acceptors (Lipinski definition) is 4. The highest BCUT2D eigenvalue weighted by Crippen LogP contribution is 2.19. The van der Waals surface area contributed by atoms with E-state index < -0.39 is 15.8 Å². The molecule has 0 aromatic heterocycles. The molecule has 0 radical (unpaired) electrons. The van der Waals surface area contributed by atoms with Gasteiger partial charge in [-0.1, -0.05) is 25.1 Å². The number of carbonyl (C=O) groups excluding carboxylic acids is 1. The molecule has 0 bridgehead atoms. The summed E-state index contributed by atoms with van der Waals surface area (Å²) in [6, 6.07) is 13.2. The van der Waals surface area contributed by atoms with E-state index in [1.807, 2.05) is 24.3 Å². The fourth-order valence-electron chi connectivity index (χ4n) is 2.77. The topological polar surface area (TPSA) is 75.7 Å². The lowest BCUT2D eigenvalue weighted by Gasteiger charge is -2.22. The zero-order valence-corrected chi connectivity index (χ0v) is 17.5. The summed E-state index contributed by atoms with van der Waals surface area (Å²) in [7, 11) is -3.57. The predicted octanol–water partition coefficient (Wildman–Crippen LogP) is 3.13. The molecule has 0 aliphatic heterocycles. The Kier molecular flexibility index (Phi) is 8.45. The first kappa shape index (κ1) is 22.7. The van der Waals surface area contributed by atoms with E-state index in [0.717, 1.165) is 28.8 Å². The zero-order chi connectivity index (χ0) is 21.3. The molecular formula is C21H27FN2O4S. The molecule has 0 aliphatic carbocycles. The van der Waals surface area contributed by atoms with E-state index in [1.165, 1.54) is 23.8 Å². The molecule has 0 spiro atoms. The maximum Gasteiger partial charge on any atom is 0.232 e. The van der Waals surface area contributed by atoms with Crippen LogP contribution in [0.3, 0.4) is 0 Å². The Morgan fingerprint density at radius 2 is 1.90 bits per heavy atom. The summed E-state index contributed by atoms with van der Waals surface area (Å²) in [6.07, 6.45) is 2.50. The molecule has 0 aliphatic rings. The molecule has 0 heterocycles. The van der Waals surface area contributed by atoms with Crippen molar-refractivity contribution in [1.82, 2.24) is 5.32 Å². The van der Waals surface area contributed by atoms with Gasteiger partial charge in [0.25, 0.3) is 0 Å². The maximum absolute atomic E-state index is 13.4. The van der Waals surface area contributed by atoms with E-state index in [0.29, 0.717) is 19.6 Å². The van der Waals surface area contributed by atoms with Crippen molar-refractivity contribution in [2.75, 3.05) is 30.3 Å². The van der Waals surface area contributed by atoms with Crippen LogP contribution in [-0.4, -0.2) is 40.3 Å². The van der Waals surface area contributed by atoms with Crippen LogP contribution in [-0.2, 0) is 21.2 Å². The van der Waals surface area contributed by atoms with Crippen molar-refractivity contribution in [2.45, 2.75) is 26.2 Å². The second-order valence-corrected chi connectivity index (χ2v) is 8.52. The van der Waals surface area contributed by atoms with Crippen LogP contribution in [0, 0.1) is 5.82 Å². The summed E-state index contributed by atoms with van der Waals surface area (Å²) in [5.74, 6) is 0.0381. The fraction of sp³-hybridized carbons (Fsp3) is 0.381. The molecule has 0 saturated carbocycles. The number of carbonyl (C=O) groups is 1. The minimum atomic E-state index is -3.57. The molecule has 0 unspecified atom stereocenters. The van der Waals surface area contributed by atoms with Gasteiger partial charge in [0.05, 0.1) is 18.5 Å². The summed E-state index contributed by atoms with van der Waals surface area (Å²) in [5, 5.41) is 2.74. The molecule has 2 aromatic carbocycles. The average molecular weight is 423 g/mol. The van der Waals surface area contributed by atoms with Crippen molar-refractivity contribution >= 4 is 21.6 Å². The number of anilines is 1. The first-order valence-corrected chi connectivity index (χ1v) is 11.4. The number of benzene rings is 2. The van der Waals surface area contributed by atoms with Crippen LogP contribution in [0.25, 0.3) is 0 Å². The Labute approximate surface area is 171 Å². The van der Waals surface area contributed by atoms with E-state index in [1.54, 1.807) is 0 Å². The van der Waals surface area contributed by atoms with Gasteiger partial charge in [0.1, 0.15) is 18.2 Å². The number of aryl methyl sites for hydroxylation is 1. The number of halogens is 1. The monoisotopic (exact) mass is 422 g/mol. The summed E-state index contributed by atoms with van der Waals surface area (Å²) in [5.41, 5.74) is 1.47. The van der Waals surface area contributed by atoms with E-state index >= 15 is 0 Å². The summed E-state index contributed by atoms with van der Waals surface area (Å²) < 4.78 is 44.1. The van der Waals surface area contributed by atoms with Crippen LogP contribution in [0.2, 0.25) is 0 Å². The quantitative estimate of drug-likeness (QED) is 0.565. The van der Waals surface area contributed by atoms with Crippen molar-refractivity contribution in [1.29, 1.82) is 0 Å². The van der Waals surface area contributed by atoms with Crippen molar-refractivity contribution in [3.63, 3.8) is 0 Å². The number of amides is 1. The van der Waals surface area contributed by atoms with Crippen LogP contribution < -0.4 is 14.4 Å². The van der Waals surface area contributed by atoms with Gasteiger partial charge in [-0.05, 0) is 48.7 Å². The Balaban J connectivity index is 1.73. The van der Waals surface area contributed by atoms with Gasteiger partial charge in [0, 0.05) is 13.0 Å². The summed E-state index contributed by atoms with van der Waals surface area (Å²) in [6.45, 7) is 2.87. The predicted molar refractivity (Wildman–Crippen MR) is 112 cm³/mol. The number of hydrogen-bond donors (Lipinski definition) is 1. The second kappa shape index (κ2) is 10.8. The van der Waals surface area contributed by atoms with Gasteiger partial charge in [0.15, 0.2) is 0 Å². The van der Waals surface area contributed by atoms with Crippen LogP contribution in [0.5, 0.6) is 5.75 Å². The largest absolute Gasteiger partial charge is 0.492 e. The molecule has 0 fully saturated rings. The highest BCUT2D eigenvalue weighted by Gasteiger charge is 2.18. The lowest BCUT2D eigenvalue weighted by atomic mass is 10.2. The number of ether oxygens (including phenoxy) is 1.